The van der Waals surface area contributed by atoms with Crippen LogP contribution in [0.2, 0.25) is 0 Å². The third-order valence-electron chi connectivity index (χ3n) is 5.28. The van der Waals surface area contributed by atoms with Crippen molar-refractivity contribution in [2.75, 3.05) is 23.3 Å². The zero-order chi connectivity index (χ0) is 18.6. The molecule has 6 heteroatoms. The van der Waals surface area contributed by atoms with E-state index in [0.29, 0.717) is 12.3 Å². The van der Waals surface area contributed by atoms with Crippen molar-refractivity contribution >= 4 is 28.3 Å². The predicted molar refractivity (Wildman–Crippen MR) is 108 cm³/mol. The Hall–Kier alpha value is -2.89. The van der Waals surface area contributed by atoms with E-state index in [1.54, 1.807) is 6.33 Å². The SMILES string of the molecule is C[C@@H](Nc1ccccc1)C(=O)C[C@@H]1CCCN(c2ncnc3[nH]ccc23)C1. The molecule has 0 unspecified atom stereocenters. The Morgan fingerprint density at radius 1 is 1.30 bits per heavy atom. The number of anilines is 2. The first kappa shape index (κ1) is 17.5. The van der Waals surface area contributed by atoms with Gasteiger partial charge in [-0.2, -0.15) is 0 Å². The number of para-hydroxylation sites is 1. The minimum atomic E-state index is -0.182. The summed E-state index contributed by atoms with van der Waals surface area (Å²) in [5, 5.41) is 4.35. The van der Waals surface area contributed by atoms with Gasteiger partial charge in [0.1, 0.15) is 17.8 Å². The molecule has 0 aliphatic carbocycles. The molecule has 6 nitrogen and oxygen atoms in total. The Balaban J connectivity index is 1.39. The lowest BCUT2D eigenvalue weighted by atomic mass is 9.91. The standard InChI is InChI=1S/C21H25N5O/c1-15(25-17-7-3-2-4-8-17)19(27)12-16-6-5-11-26(13-16)21-18-9-10-22-20(18)23-14-24-21/h2-4,7-10,14-16,25H,5-6,11-13H2,1H3,(H,22,23,24)/t15-,16+/m1/s1. The molecular weight excluding hydrogens is 338 g/mol. The Bertz CT molecular complexity index is 907. The van der Waals surface area contributed by atoms with Gasteiger partial charge in [-0.3, -0.25) is 4.79 Å². The molecule has 1 saturated heterocycles. The van der Waals surface area contributed by atoms with Crippen molar-refractivity contribution in [3.8, 4) is 0 Å². The number of fused-ring (bicyclic) bond motifs is 1. The smallest absolute Gasteiger partial charge is 0.155 e. The predicted octanol–water partition coefficient (Wildman–Crippen LogP) is 3.63. The van der Waals surface area contributed by atoms with Crippen LogP contribution in [0.5, 0.6) is 0 Å². The van der Waals surface area contributed by atoms with E-state index in [4.69, 9.17) is 0 Å². The summed E-state index contributed by atoms with van der Waals surface area (Å²) < 4.78 is 0. The van der Waals surface area contributed by atoms with Crippen molar-refractivity contribution in [3.05, 3.63) is 48.9 Å². The molecule has 1 fully saturated rings. The van der Waals surface area contributed by atoms with Gasteiger partial charge in [-0.15, -0.1) is 0 Å². The van der Waals surface area contributed by atoms with Crippen molar-refractivity contribution < 1.29 is 4.79 Å². The zero-order valence-corrected chi connectivity index (χ0v) is 15.6. The summed E-state index contributed by atoms with van der Waals surface area (Å²) in [5.41, 5.74) is 1.85. The Morgan fingerprint density at radius 2 is 2.15 bits per heavy atom. The highest BCUT2D eigenvalue weighted by Gasteiger charge is 2.26. The maximum absolute atomic E-state index is 12.7. The van der Waals surface area contributed by atoms with Gasteiger partial charge in [-0.1, -0.05) is 18.2 Å². The fourth-order valence-electron chi connectivity index (χ4n) is 3.86. The van der Waals surface area contributed by atoms with E-state index in [1.165, 1.54) is 0 Å². The molecule has 1 aromatic carbocycles. The molecule has 2 atom stereocenters. The average molecular weight is 363 g/mol. The highest BCUT2D eigenvalue weighted by molar-refractivity contribution is 5.88. The molecule has 27 heavy (non-hydrogen) atoms. The van der Waals surface area contributed by atoms with Crippen LogP contribution in [0.15, 0.2) is 48.9 Å². The first-order valence-corrected chi connectivity index (χ1v) is 9.58. The number of nitrogens with one attached hydrogen (secondary N) is 2. The van der Waals surface area contributed by atoms with Gasteiger partial charge in [0, 0.05) is 31.4 Å². The summed E-state index contributed by atoms with van der Waals surface area (Å²) >= 11 is 0. The molecule has 0 radical (unpaired) electrons. The first-order chi connectivity index (χ1) is 13.2. The topological polar surface area (TPSA) is 73.9 Å². The van der Waals surface area contributed by atoms with Crippen LogP contribution < -0.4 is 10.2 Å². The summed E-state index contributed by atoms with van der Waals surface area (Å²) in [6.45, 7) is 3.78. The van der Waals surface area contributed by atoms with Gasteiger partial charge < -0.3 is 15.2 Å². The lowest BCUT2D eigenvalue weighted by Crippen LogP contribution is -2.38. The van der Waals surface area contributed by atoms with Crippen LogP contribution in [0, 0.1) is 5.92 Å². The maximum Gasteiger partial charge on any atom is 0.155 e. The third kappa shape index (κ3) is 3.94. The number of ketones is 1. The van der Waals surface area contributed by atoms with Crippen LogP contribution >= 0.6 is 0 Å². The Kier molecular flexibility index (Phi) is 5.05. The quantitative estimate of drug-likeness (QED) is 0.699. The van der Waals surface area contributed by atoms with Crippen LogP contribution in [0.1, 0.15) is 26.2 Å². The van der Waals surface area contributed by atoms with Crippen LogP contribution in [0.4, 0.5) is 11.5 Å². The molecule has 0 amide bonds. The van der Waals surface area contributed by atoms with Crippen LogP contribution in [0.3, 0.4) is 0 Å². The van der Waals surface area contributed by atoms with Crippen molar-refractivity contribution in [1.29, 1.82) is 0 Å². The summed E-state index contributed by atoms with van der Waals surface area (Å²) in [6, 6.07) is 11.7. The van der Waals surface area contributed by atoms with Crippen molar-refractivity contribution in [2.24, 2.45) is 5.92 Å². The molecule has 4 rings (SSSR count). The molecule has 2 N–H and O–H groups in total. The van der Waals surface area contributed by atoms with Gasteiger partial charge in [0.2, 0.25) is 0 Å². The fraction of sp³-hybridized carbons (Fsp3) is 0.381. The van der Waals surface area contributed by atoms with E-state index in [0.717, 1.165) is 48.5 Å². The number of aromatic nitrogens is 3. The van der Waals surface area contributed by atoms with Gasteiger partial charge in [-0.05, 0) is 43.9 Å². The van der Waals surface area contributed by atoms with E-state index in [-0.39, 0.29) is 11.8 Å². The van der Waals surface area contributed by atoms with Gasteiger partial charge in [-0.25, -0.2) is 9.97 Å². The third-order valence-corrected chi connectivity index (χ3v) is 5.28. The molecule has 140 valence electrons. The average Bonchev–Trinajstić information content (AvgIpc) is 3.18. The minimum Gasteiger partial charge on any atom is -0.376 e. The summed E-state index contributed by atoms with van der Waals surface area (Å²) in [6.07, 6.45) is 6.26. The Morgan fingerprint density at radius 3 is 3.00 bits per heavy atom. The second-order valence-electron chi connectivity index (χ2n) is 7.29. The largest absolute Gasteiger partial charge is 0.376 e. The van der Waals surface area contributed by atoms with E-state index in [1.807, 2.05) is 49.5 Å². The molecule has 3 heterocycles. The van der Waals surface area contributed by atoms with Crippen LogP contribution in [0.25, 0.3) is 11.0 Å². The summed E-state index contributed by atoms with van der Waals surface area (Å²) in [5.74, 6) is 1.59. The zero-order valence-electron chi connectivity index (χ0n) is 15.6. The molecule has 3 aromatic rings. The number of benzene rings is 1. The number of H-pyrrole nitrogens is 1. The first-order valence-electron chi connectivity index (χ1n) is 9.58. The molecular formula is C21H25N5O. The summed E-state index contributed by atoms with van der Waals surface area (Å²) in [4.78, 5) is 26.9. The normalized spacial score (nSPS) is 18.4. The second-order valence-corrected chi connectivity index (χ2v) is 7.29. The lowest BCUT2D eigenvalue weighted by Gasteiger charge is -2.34. The van der Waals surface area contributed by atoms with Gasteiger partial charge in [0.15, 0.2) is 5.78 Å². The van der Waals surface area contributed by atoms with Crippen LogP contribution in [-0.4, -0.2) is 39.9 Å². The van der Waals surface area contributed by atoms with E-state index < -0.39 is 0 Å². The van der Waals surface area contributed by atoms with Gasteiger partial charge in [0.05, 0.1) is 11.4 Å². The second kappa shape index (κ2) is 7.78. The minimum absolute atomic E-state index is 0.182. The monoisotopic (exact) mass is 363 g/mol. The van der Waals surface area contributed by atoms with Crippen LogP contribution in [-0.2, 0) is 4.79 Å². The van der Waals surface area contributed by atoms with E-state index in [2.05, 4.69) is 25.2 Å². The number of Topliss-reactive ketones (excluding diaryl/α,β-unsaturated/α-hetero) is 1. The summed E-state index contributed by atoms with van der Waals surface area (Å²) in [7, 11) is 0. The number of piperidine rings is 1. The number of aromatic amines is 1. The molecule has 1 aliphatic rings. The Labute approximate surface area is 159 Å². The lowest BCUT2D eigenvalue weighted by molar-refractivity contribution is -0.120. The molecule has 0 bridgehead atoms. The highest BCUT2D eigenvalue weighted by atomic mass is 16.1. The molecule has 1 aliphatic heterocycles. The molecule has 2 aromatic heterocycles. The van der Waals surface area contributed by atoms with Crippen molar-refractivity contribution in [2.45, 2.75) is 32.2 Å². The van der Waals surface area contributed by atoms with Gasteiger partial charge in [0.25, 0.3) is 0 Å². The number of hydrogen-bond donors (Lipinski definition) is 2. The number of hydrogen-bond acceptors (Lipinski definition) is 5. The number of rotatable bonds is 6. The highest BCUT2D eigenvalue weighted by Crippen LogP contribution is 2.28. The maximum atomic E-state index is 12.7. The number of carbonyl (C=O) groups excluding carboxylic acids is 1. The van der Waals surface area contributed by atoms with Gasteiger partial charge >= 0.3 is 0 Å². The van der Waals surface area contributed by atoms with E-state index in [9.17, 15) is 4.79 Å². The fourth-order valence-corrected chi connectivity index (χ4v) is 3.86. The van der Waals surface area contributed by atoms with E-state index >= 15 is 0 Å². The number of nitrogens with zero attached hydrogens (tertiary/aromatic N) is 3. The van der Waals surface area contributed by atoms with Crippen molar-refractivity contribution in [1.82, 2.24) is 15.0 Å². The van der Waals surface area contributed by atoms with Crippen molar-refractivity contribution in [3.63, 3.8) is 0 Å². The molecule has 0 saturated carbocycles. The number of carbonyl (C=O) groups is 1. The molecule has 0 spiro atoms.